The smallest absolute Gasteiger partial charge is 0.265 e. The highest BCUT2D eigenvalue weighted by Gasteiger charge is 2.16. The van der Waals surface area contributed by atoms with Crippen molar-refractivity contribution in [2.24, 2.45) is 0 Å². The number of thiazole rings is 1. The van der Waals surface area contributed by atoms with Crippen molar-refractivity contribution in [2.45, 2.75) is 11.3 Å². The number of sulfonamides is 1. The van der Waals surface area contributed by atoms with E-state index in [0.717, 1.165) is 0 Å². The van der Waals surface area contributed by atoms with Gasteiger partial charge < -0.3 is 5.11 Å². The number of anilines is 1. The second kappa shape index (κ2) is 6.47. The van der Waals surface area contributed by atoms with E-state index in [9.17, 15) is 8.42 Å². The topological polar surface area (TPSA) is 92.2 Å². The van der Waals surface area contributed by atoms with Gasteiger partial charge in [0.25, 0.3) is 10.0 Å². The van der Waals surface area contributed by atoms with Crippen LogP contribution in [0.3, 0.4) is 0 Å². The Morgan fingerprint density at radius 2 is 2.25 bits per heavy atom. The fourth-order valence-electron chi connectivity index (χ4n) is 1.30. The molecule has 0 aliphatic heterocycles. The fourth-order valence-corrected chi connectivity index (χ4v) is 3.08. The third kappa shape index (κ3) is 3.77. The van der Waals surface area contributed by atoms with Gasteiger partial charge in [-0.15, -0.1) is 11.3 Å². The van der Waals surface area contributed by atoms with Crippen molar-refractivity contribution >= 4 is 26.5 Å². The molecule has 0 radical (unpaired) electrons. The lowest BCUT2D eigenvalue weighted by Gasteiger charge is -2.04. The lowest BCUT2D eigenvalue weighted by Crippen LogP contribution is -2.13. The zero-order valence-electron chi connectivity index (χ0n) is 10.3. The molecule has 0 saturated carbocycles. The van der Waals surface area contributed by atoms with Gasteiger partial charge in [-0.25, -0.2) is 13.4 Å². The van der Waals surface area contributed by atoms with Gasteiger partial charge >= 0.3 is 0 Å². The van der Waals surface area contributed by atoms with E-state index in [0.29, 0.717) is 17.1 Å². The first-order chi connectivity index (χ1) is 9.62. The van der Waals surface area contributed by atoms with Gasteiger partial charge in [-0.2, -0.15) is 0 Å². The number of aliphatic hydroxyl groups is 1. The molecule has 2 N–H and O–H groups in total. The van der Waals surface area contributed by atoms with Crippen LogP contribution >= 0.6 is 11.3 Å². The Kier molecular flexibility index (Phi) is 4.68. The number of nitrogens with zero attached hydrogens (tertiary/aromatic N) is 2. The van der Waals surface area contributed by atoms with Crippen LogP contribution in [-0.4, -0.2) is 30.1 Å². The van der Waals surface area contributed by atoms with E-state index in [1.54, 1.807) is 5.38 Å². The Morgan fingerprint density at radius 1 is 1.40 bits per heavy atom. The summed E-state index contributed by atoms with van der Waals surface area (Å²) in [7, 11) is -3.72. The predicted octanol–water partition coefficient (Wildman–Crippen LogP) is 1.07. The maximum absolute atomic E-state index is 12.1. The monoisotopic (exact) mass is 309 g/mol. The Morgan fingerprint density at radius 3 is 2.95 bits per heavy atom. The second-order valence-corrected chi connectivity index (χ2v) is 6.20. The van der Waals surface area contributed by atoms with Crippen LogP contribution in [0.1, 0.15) is 12.0 Å². The molecule has 0 aliphatic carbocycles. The zero-order valence-corrected chi connectivity index (χ0v) is 11.9. The third-order valence-electron chi connectivity index (χ3n) is 2.15. The van der Waals surface area contributed by atoms with Crippen LogP contribution in [0.5, 0.6) is 0 Å². The molecule has 0 aromatic carbocycles. The van der Waals surface area contributed by atoms with Crippen molar-refractivity contribution in [3.05, 3.63) is 35.6 Å². The predicted molar refractivity (Wildman–Crippen MR) is 75.7 cm³/mol. The summed E-state index contributed by atoms with van der Waals surface area (Å²) in [5.41, 5.74) is 0.473. The minimum Gasteiger partial charge on any atom is -0.395 e. The summed E-state index contributed by atoms with van der Waals surface area (Å²) in [5, 5.41) is 10.6. The Balaban J connectivity index is 2.24. The first-order valence-electron chi connectivity index (χ1n) is 5.59. The van der Waals surface area contributed by atoms with Crippen molar-refractivity contribution in [1.82, 2.24) is 9.97 Å². The fraction of sp³-hybridized carbons (Fsp3) is 0.167. The molecular weight excluding hydrogens is 298 g/mol. The van der Waals surface area contributed by atoms with Crippen molar-refractivity contribution in [1.29, 1.82) is 0 Å². The van der Waals surface area contributed by atoms with Crippen molar-refractivity contribution in [3.8, 4) is 11.8 Å². The molecule has 2 aromatic heterocycles. The third-order valence-corrected chi connectivity index (χ3v) is 4.27. The minimum atomic E-state index is -3.72. The summed E-state index contributed by atoms with van der Waals surface area (Å²) < 4.78 is 26.6. The van der Waals surface area contributed by atoms with Crippen LogP contribution in [-0.2, 0) is 10.0 Å². The quantitative estimate of drug-likeness (QED) is 0.824. The maximum Gasteiger partial charge on any atom is 0.265 e. The number of hydrogen-bond donors (Lipinski definition) is 2. The first-order valence-corrected chi connectivity index (χ1v) is 7.95. The second-order valence-electron chi connectivity index (χ2n) is 3.63. The lowest BCUT2D eigenvalue weighted by atomic mass is 10.3. The van der Waals surface area contributed by atoms with E-state index in [1.807, 2.05) is 0 Å². The Labute approximate surface area is 120 Å². The number of nitrogens with one attached hydrogen (secondary N) is 1. The maximum atomic E-state index is 12.1. The molecule has 0 amide bonds. The van der Waals surface area contributed by atoms with E-state index in [4.69, 9.17) is 5.11 Å². The molecular formula is C12H11N3O3S2. The van der Waals surface area contributed by atoms with Gasteiger partial charge in [-0.1, -0.05) is 11.8 Å². The number of hydrogen-bond acceptors (Lipinski definition) is 6. The van der Waals surface area contributed by atoms with Crippen LogP contribution < -0.4 is 4.72 Å². The van der Waals surface area contributed by atoms with E-state index in [2.05, 4.69) is 26.5 Å². The number of aromatic nitrogens is 2. The summed E-state index contributed by atoms with van der Waals surface area (Å²) in [6, 6.07) is 1.42. The molecule has 0 bridgehead atoms. The van der Waals surface area contributed by atoms with Gasteiger partial charge in [0.2, 0.25) is 0 Å². The summed E-state index contributed by atoms with van der Waals surface area (Å²) in [6.45, 7) is -0.0377. The highest BCUT2D eigenvalue weighted by Crippen LogP contribution is 2.17. The van der Waals surface area contributed by atoms with E-state index in [-0.39, 0.29) is 11.5 Å². The molecule has 6 nitrogen and oxygen atoms in total. The van der Waals surface area contributed by atoms with Crippen LogP contribution in [0, 0.1) is 11.8 Å². The zero-order chi connectivity index (χ0) is 14.4. The molecule has 2 aromatic rings. The van der Waals surface area contributed by atoms with Gasteiger partial charge in [0.15, 0.2) is 5.13 Å². The standard InChI is InChI=1S/C12H11N3O3S2/c16-5-2-1-3-10-7-11(9-13-8-10)20(17,18)15-12-14-4-6-19-12/h4,6-9,16H,2,5H2,(H,14,15). The normalized spacial score (nSPS) is 10.7. The number of pyridine rings is 1. The summed E-state index contributed by atoms with van der Waals surface area (Å²) in [4.78, 5) is 7.74. The van der Waals surface area contributed by atoms with Gasteiger partial charge in [0.1, 0.15) is 4.90 Å². The van der Waals surface area contributed by atoms with Gasteiger partial charge in [0, 0.05) is 36.0 Å². The molecule has 8 heteroatoms. The SMILES string of the molecule is O=S(=O)(Nc1nccs1)c1cncc(C#CCCO)c1. The molecule has 2 rings (SSSR count). The van der Waals surface area contributed by atoms with Crippen molar-refractivity contribution in [2.75, 3.05) is 11.3 Å². The first kappa shape index (κ1) is 14.5. The summed E-state index contributed by atoms with van der Waals surface area (Å²) in [6.07, 6.45) is 4.55. The van der Waals surface area contributed by atoms with E-state index in [1.165, 1.54) is 36.0 Å². The average molecular weight is 309 g/mol. The molecule has 0 atom stereocenters. The Bertz CT molecular complexity index is 731. The number of aliphatic hydroxyl groups excluding tert-OH is 1. The molecule has 0 aliphatic rings. The molecule has 2 heterocycles. The minimum absolute atomic E-state index is 0.0171. The average Bonchev–Trinajstić information content (AvgIpc) is 2.92. The van der Waals surface area contributed by atoms with Crippen LogP contribution in [0.25, 0.3) is 0 Å². The van der Waals surface area contributed by atoms with Gasteiger partial charge in [-0.3, -0.25) is 9.71 Å². The largest absolute Gasteiger partial charge is 0.395 e. The number of rotatable bonds is 4. The van der Waals surface area contributed by atoms with E-state index >= 15 is 0 Å². The molecule has 0 spiro atoms. The lowest BCUT2D eigenvalue weighted by molar-refractivity contribution is 0.305. The van der Waals surface area contributed by atoms with Crippen LogP contribution in [0.2, 0.25) is 0 Å². The highest BCUT2D eigenvalue weighted by atomic mass is 32.2. The molecule has 0 fully saturated rings. The summed E-state index contributed by atoms with van der Waals surface area (Å²) in [5.74, 6) is 5.45. The molecule has 0 saturated heterocycles. The molecule has 20 heavy (non-hydrogen) atoms. The van der Waals surface area contributed by atoms with E-state index < -0.39 is 10.0 Å². The van der Waals surface area contributed by atoms with Gasteiger partial charge in [0.05, 0.1) is 6.61 Å². The summed E-state index contributed by atoms with van der Waals surface area (Å²) >= 11 is 1.19. The van der Waals surface area contributed by atoms with Crippen molar-refractivity contribution < 1.29 is 13.5 Å². The van der Waals surface area contributed by atoms with Crippen LogP contribution in [0.4, 0.5) is 5.13 Å². The van der Waals surface area contributed by atoms with Gasteiger partial charge in [-0.05, 0) is 6.07 Å². The molecule has 104 valence electrons. The Hall–Kier alpha value is -1.95. The van der Waals surface area contributed by atoms with Crippen LogP contribution in [0.15, 0.2) is 34.9 Å². The molecule has 0 unspecified atom stereocenters. The highest BCUT2D eigenvalue weighted by molar-refractivity contribution is 7.93. The van der Waals surface area contributed by atoms with Crippen molar-refractivity contribution in [3.63, 3.8) is 0 Å².